The summed E-state index contributed by atoms with van der Waals surface area (Å²) < 4.78 is 10.4. The third-order valence-corrected chi connectivity index (χ3v) is 3.50. The summed E-state index contributed by atoms with van der Waals surface area (Å²) in [5.74, 6) is 1.29. The van der Waals surface area contributed by atoms with Crippen LogP contribution in [0.4, 0.5) is 0 Å². The van der Waals surface area contributed by atoms with Crippen LogP contribution in [-0.2, 0) is 16.0 Å². The average molecular weight is 289 g/mol. The fourth-order valence-corrected chi connectivity index (χ4v) is 2.25. The first-order valence-electron chi connectivity index (χ1n) is 6.76. The lowest BCUT2D eigenvalue weighted by Gasteiger charge is -2.16. The minimum atomic E-state index is -0.102. The number of hydrogen-bond donors (Lipinski definition) is 0. The van der Waals surface area contributed by atoms with Gasteiger partial charge in [0.25, 0.3) is 0 Å². The second kappa shape index (κ2) is 6.43. The first-order valence-corrected chi connectivity index (χ1v) is 6.76. The molecule has 0 bridgehead atoms. The van der Waals surface area contributed by atoms with E-state index in [0.29, 0.717) is 25.1 Å². The Kier molecular flexibility index (Phi) is 4.62. The monoisotopic (exact) mass is 289 g/mol. The highest BCUT2D eigenvalue weighted by atomic mass is 16.5. The van der Waals surface area contributed by atoms with Crippen LogP contribution >= 0.6 is 0 Å². The predicted octanol–water partition coefficient (Wildman–Crippen LogP) is 1.60. The number of ether oxygens (including phenoxy) is 2. The Bertz CT molecular complexity index is 570. The smallest absolute Gasteiger partial charge is 0.247 e. The number of benzene rings is 1. The van der Waals surface area contributed by atoms with E-state index in [4.69, 9.17) is 9.47 Å². The maximum atomic E-state index is 11.8. The fourth-order valence-electron chi connectivity index (χ4n) is 2.25. The summed E-state index contributed by atoms with van der Waals surface area (Å²) in [5.41, 5.74) is 1.60. The molecule has 21 heavy (non-hydrogen) atoms. The summed E-state index contributed by atoms with van der Waals surface area (Å²) in [5, 5.41) is 0. The number of carbonyl (C=O) groups excluding carboxylic acids is 2. The molecule has 0 aromatic heterocycles. The number of carbonyl (C=O) groups is 2. The molecule has 1 aliphatic rings. The Hall–Kier alpha value is -2.30. The lowest BCUT2D eigenvalue weighted by Crippen LogP contribution is -2.28. The zero-order valence-corrected chi connectivity index (χ0v) is 12.5. The van der Waals surface area contributed by atoms with E-state index in [-0.39, 0.29) is 11.7 Å². The molecule has 2 rings (SSSR count). The highest BCUT2D eigenvalue weighted by molar-refractivity contribution is 6.04. The lowest BCUT2D eigenvalue weighted by atomic mass is 10.1. The van der Waals surface area contributed by atoms with Crippen LogP contribution in [0.15, 0.2) is 29.8 Å². The largest absolute Gasteiger partial charge is 0.497 e. The summed E-state index contributed by atoms with van der Waals surface area (Å²) in [6, 6.07) is 5.64. The van der Waals surface area contributed by atoms with E-state index in [0.717, 1.165) is 17.1 Å². The molecular weight excluding hydrogens is 270 g/mol. The van der Waals surface area contributed by atoms with Crippen molar-refractivity contribution in [1.82, 2.24) is 4.90 Å². The molecule has 112 valence electrons. The molecule has 0 unspecified atom stereocenters. The van der Waals surface area contributed by atoms with Crippen molar-refractivity contribution < 1.29 is 19.1 Å². The molecule has 0 fully saturated rings. The van der Waals surface area contributed by atoms with Gasteiger partial charge in [-0.3, -0.25) is 9.59 Å². The molecule has 0 atom stereocenters. The van der Waals surface area contributed by atoms with Gasteiger partial charge >= 0.3 is 0 Å². The van der Waals surface area contributed by atoms with Crippen LogP contribution in [0, 0.1) is 0 Å². The first kappa shape index (κ1) is 15.1. The van der Waals surface area contributed by atoms with Gasteiger partial charge < -0.3 is 14.4 Å². The van der Waals surface area contributed by atoms with Gasteiger partial charge in [0.15, 0.2) is 5.78 Å². The molecule has 1 amide bonds. The molecule has 0 spiro atoms. The summed E-state index contributed by atoms with van der Waals surface area (Å²) in [7, 11) is 3.21. The molecule has 1 heterocycles. The highest BCUT2D eigenvalue weighted by Gasteiger charge is 2.23. The Morgan fingerprint density at radius 2 is 1.81 bits per heavy atom. The summed E-state index contributed by atoms with van der Waals surface area (Å²) >= 11 is 0. The number of methoxy groups -OCH3 is 2. The van der Waals surface area contributed by atoms with Gasteiger partial charge in [-0.25, -0.2) is 0 Å². The van der Waals surface area contributed by atoms with Gasteiger partial charge in [-0.15, -0.1) is 0 Å². The predicted molar refractivity (Wildman–Crippen MR) is 78.6 cm³/mol. The van der Waals surface area contributed by atoms with Gasteiger partial charge in [0, 0.05) is 30.8 Å². The zero-order chi connectivity index (χ0) is 15.4. The third-order valence-electron chi connectivity index (χ3n) is 3.50. The molecule has 0 aliphatic carbocycles. The molecular formula is C16H19NO4. The van der Waals surface area contributed by atoms with Crippen molar-refractivity contribution >= 4 is 11.7 Å². The molecule has 0 N–H and O–H groups in total. The van der Waals surface area contributed by atoms with Crippen molar-refractivity contribution in [3.8, 4) is 11.5 Å². The molecule has 1 aromatic rings. The van der Waals surface area contributed by atoms with Crippen molar-refractivity contribution in [2.75, 3.05) is 27.3 Å². The minimum Gasteiger partial charge on any atom is -0.497 e. The summed E-state index contributed by atoms with van der Waals surface area (Å²) in [6.07, 6.45) is 2.10. The normalized spacial score (nSPS) is 14.1. The highest BCUT2D eigenvalue weighted by Crippen LogP contribution is 2.23. The van der Waals surface area contributed by atoms with Crippen LogP contribution in [0.25, 0.3) is 0 Å². The van der Waals surface area contributed by atoms with Crippen molar-refractivity contribution in [3.05, 3.63) is 35.4 Å². The maximum Gasteiger partial charge on any atom is 0.247 e. The number of amides is 1. The number of hydrogen-bond acceptors (Lipinski definition) is 4. The average Bonchev–Trinajstić information content (AvgIpc) is 2.86. The standard InChI is InChI=1S/C16H19NO4/c1-11(18)13-8-16(19)17(10-13)5-4-12-6-14(20-2)9-15(7-12)21-3/h6-9H,4-5,10H2,1-3H3. The molecule has 5 heteroatoms. The topological polar surface area (TPSA) is 55.8 Å². The zero-order valence-electron chi connectivity index (χ0n) is 12.5. The molecule has 0 radical (unpaired) electrons. The van der Waals surface area contributed by atoms with E-state index in [1.807, 2.05) is 12.1 Å². The van der Waals surface area contributed by atoms with Crippen molar-refractivity contribution in [3.63, 3.8) is 0 Å². The van der Waals surface area contributed by atoms with E-state index in [2.05, 4.69) is 0 Å². The summed E-state index contributed by atoms with van der Waals surface area (Å²) in [4.78, 5) is 24.8. The Morgan fingerprint density at radius 3 is 2.29 bits per heavy atom. The maximum absolute atomic E-state index is 11.8. The van der Waals surface area contributed by atoms with Gasteiger partial charge in [-0.05, 0) is 31.0 Å². The second-order valence-corrected chi connectivity index (χ2v) is 4.96. The van der Waals surface area contributed by atoms with Crippen molar-refractivity contribution in [1.29, 1.82) is 0 Å². The van der Waals surface area contributed by atoms with Crippen LogP contribution in [0.5, 0.6) is 11.5 Å². The Labute approximate surface area is 124 Å². The third kappa shape index (κ3) is 3.62. The van der Waals surface area contributed by atoms with Gasteiger partial charge in [-0.2, -0.15) is 0 Å². The molecule has 1 aliphatic heterocycles. The number of nitrogens with zero attached hydrogens (tertiary/aromatic N) is 1. The Morgan fingerprint density at radius 1 is 1.19 bits per heavy atom. The molecule has 0 saturated heterocycles. The quantitative estimate of drug-likeness (QED) is 0.798. The second-order valence-electron chi connectivity index (χ2n) is 4.96. The summed E-state index contributed by atoms with van der Waals surface area (Å²) in [6.45, 7) is 2.44. The van der Waals surface area contributed by atoms with Crippen molar-refractivity contribution in [2.24, 2.45) is 0 Å². The molecule has 1 aromatic carbocycles. The van der Waals surface area contributed by atoms with Gasteiger partial charge in [0.05, 0.1) is 14.2 Å². The van der Waals surface area contributed by atoms with E-state index in [9.17, 15) is 9.59 Å². The van der Waals surface area contributed by atoms with E-state index in [1.54, 1.807) is 25.2 Å². The SMILES string of the molecule is COc1cc(CCN2CC(C(C)=O)=CC2=O)cc(OC)c1. The van der Waals surface area contributed by atoms with Gasteiger partial charge in [0.2, 0.25) is 5.91 Å². The van der Waals surface area contributed by atoms with Crippen LogP contribution in [0.2, 0.25) is 0 Å². The fraction of sp³-hybridized carbons (Fsp3) is 0.375. The minimum absolute atomic E-state index is 0.0473. The number of rotatable bonds is 6. The molecule has 5 nitrogen and oxygen atoms in total. The van der Waals surface area contributed by atoms with Gasteiger partial charge in [0.1, 0.15) is 11.5 Å². The number of ketones is 1. The number of Topliss-reactive ketones (excluding diaryl/α,β-unsaturated/α-hetero) is 1. The van der Waals surface area contributed by atoms with E-state index >= 15 is 0 Å². The van der Waals surface area contributed by atoms with E-state index in [1.165, 1.54) is 13.0 Å². The van der Waals surface area contributed by atoms with Crippen LogP contribution in [-0.4, -0.2) is 43.9 Å². The van der Waals surface area contributed by atoms with Crippen molar-refractivity contribution in [2.45, 2.75) is 13.3 Å². The van der Waals surface area contributed by atoms with Gasteiger partial charge in [-0.1, -0.05) is 0 Å². The lowest BCUT2D eigenvalue weighted by molar-refractivity contribution is -0.124. The van der Waals surface area contributed by atoms with Crippen LogP contribution in [0.1, 0.15) is 12.5 Å². The van der Waals surface area contributed by atoms with E-state index < -0.39 is 0 Å². The Balaban J connectivity index is 2.01. The molecule has 0 saturated carbocycles. The van der Waals surface area contributed by atoms with Crippen LogP contribution < -0.4 is 9.47 Å². The first-order chi connectivity index (χ1) is 10.0. The van der Waals surface area contributed by atoms with Crippen LogP contribution in [0.3, 0.4) is 0 Å².